The van der Waals surface area contributed by atoms with Crippen molar-refractivity contribution in [2.45, 2.75) is 54.0 Å². The summed E-state index contributed by atoms with van der Waals surface area (Å²) in [5.74, 6) is -0.411. The van der Waals surface area contributed by atoms with Crippen molar-refractivity contribution >= 4 is 25.6 Å². The molecule has 0 amide bonds. The number of phenols is 1. The number of hydrogen-bond acceptors (Lipinski definition) is 8. The maximum atomic E-state index is 14.0. The Morgan fingerprint density at radius 2 is 1.51 bits per heavy atom. The molecule has 41 heavy (non-hydrogen) atoms. The van der Waals surface area contributed by atoms with Crippen LogP contribution in [0.1, 0.15) is 36.7 Å². The lowest BCUT2D eigenvalue weighted by atomic mass is 10.0. The summed E-state index contributed by atoms with van der Waals surface area (Å²) < 4.78 is 56.1. The van der Waals surface area contributed by atoms with Crippen molar-refractivity contribution in [1.29, 1.82) is 0 Å². The number of Topliss-reactive ketones (excluding diaryl/α,β-unsaturated/α-hetero) is 1. The Hall–Kier alpha value is -3.74. The van der Waals surface area contributed by atoms with Crippen molar-refractivity contribution in [3.8, 4) is 5.75 Å². The number of aliphatic hydroxyl groups excluding tert-OH is 1. The molecule has 0 spiro atoms. The van der Waals surface area contributed by atoms with Crippen molar-refractivity contribution < 1.29 is 31.8 Å². The van der Waals surface area contributed by atoms with Gasteiger partial charge in [0, 0.05) is 23.6 Å². The minimum atomic E-state index is -4.49. The van der Waals surface area contributed by atoms with E-state index in [1.807, 2.05) is 0 Å². The summed E-state index contributed by atoms with van der Waals surface area (Å²) in [6.45, 7) is 4.37. The summed E-state index contributed by atoms with van der Waals surface area (Å²) in [7, 11) is -8.81. The minimum absolute atomic E-state index is 0.0345. The molecular weight excluding hydrogens is 568 g/mol. The van der Waals surface area contributed by atoms with E-state index in [1.54, 1.807) is 26.0 Å². The SMILES string of the molecule is CC(=O)c1ccc(S(=O)(=O)c2ccccc2S(=O)(=O)N(CC(C)C)CC(O)[C@H](Cc2ccc(O)cc2)N=[N+]=[N-])cc1. The summed E-state index contributed by atoms with van der Waals surface area (Å²) in [6, 6.07) is 15.4. The Bertz CT molecular complexity index is 1630. The first-order valence-corrected chi connectivity index (χ1v) is 15.6. The van der Waals surface area contributed by atoms with Crippen LogP contribution in [0.25, 0.3) is 10.4 Å². The number of aromatic hydroxyl groups is 1. The largest absolute Gasteiger partial charge is 0.508 e. The highest BCUT2D eigenvalue weighted by Gasteiger charge is 2.35. The normalized spacial score (nSPS) is 13.5. The average molecular weight is 601 g/mol. The Balaban J connectivity index is 2.01. The van der Waals surface area contributed by atoms with Crippen LogP contribution in [0.2, 0.25) is 0 Å². The molecule has 3 aromatic rings. The van der Waals surface area contributed by atoms with Gasteiger partial charge in [-0.25, -0.2) is 16.8 Å². The van der Waals surface area contributed by atoms with Gasteiger partial charge in [0.25, 0.3) is 0 Å². The Morgan fingerprint density at radius 1 is 0.927 bits per heavy atom. The van der Waals surface area contributed by atoms with E-state index in [9.17, 15) is 31.8 Å². The minimum Gasteiger partial charge on any atom is -0.508 e. The van der Waals surface area contributed by atoms with Crippen molar-refractivity contribution in [2.75, 3.05) is 13.1 Å². The first kappa shape index (κ1) is 31.8. The van der Waals surface area contributed by atoms with Gasteiger partial charge in [-0.15, -0.1) is 0 Å². The summed E-state index contributed by atoms with van der Waals surface area (Å²) in [5.41, 5.74) is 10.0. The predicted octanol–water partition coefficient (Wildman–Crippen LogP) is 4.36. The lowest BCUT2D eigenvalue weighted by Gasteiger charge is -2.29. The molecule has 13 heteroatoms. The number of benzene rings is 3. The Labute approximate surface area is 239 Å². The van der Waals surface area contributed by atoms with Crippen LogP contribution in [0.5, 0.6) is 5.75 Å². The molecule has 218 valence electrons. The van der Waals surface area contributed by atoms with E-state index in [0.717, 1.165) is 4.31 Å². The first-order valence-electron chi connectivity index (χ1n) is 12.7. The molecule has 0 heterocycles. The topological polar surface area (TPSA) is 178 Å². The molecule has 11 nitrogen and oxygen atoms in total. The molecule has 3 rings (SSSR count). The van der Waals surface area contributed by atoms with Gasteiger partial charge < -0.3 is 10.2 Å². The number of carbonyl (C=O) groups excluding carboxylic acids is 1. The maximum absolute atomic E-state index is 14.0. The van der Waals surface area contributed by atoms with E-state index in [1.165, 1.54) is 67.6 Å². The van der Waals surface area contributed by atoms with Crippen LogP contribution < -0.4 is 0 Å². The fourth-order valence-corrected chi connectivity index (χ4v) is 7.90. The zero-order valence-corrected chi connectivity index (χ0v) is 24.5. The van der Waals surface area contributed by atoms with E-state index in [2.05, 4.69) is 10.0 Å². The van der Waals surface area contributed by atoms with Crippen LogP contribution in [0.15, 0.2) is 92.6 Å². The van der Waals surface area contributed by atoms with Crippen molar-refractivity contribution in [1.82, 2.24) is 4.31 Å². The van der Waals surface area contributed by atoms with Gasteiger partial charge in [0.1, 0.15) is 10.6 Å². The van der Waals surface area contributed by atoms with Gasteiger partial charge in [0.15, 0.2) is 5.78 Å². The van der Waals surface area contributed by atoms with Gasteiger partial charge in [0.05, 0.1) is 21.9 Å². The molecule has 0 bridgehead atoms. The molecule has 1 unspecified atom stereocenters. The molecular formula is C28H32N4O7S2. The number of nitrogens with zero attached hydrogens (tertiary/aromatic N) is 4. The van der Waals surface area contributed by atoms with Gasteiger partial charge in [-0.05, 0) is 66.8 Å². The number of ketones is 1. The van der Waals surface area contributed by atoms with E-state index in [0.29, 0.717) is 11.1 Å². The summed E-state index contributed by atoms with van der Waals surface area (Å²) in [4.78, 5) is 13.3. The lowest BCUT2D eigenvalue weighted by molar-refractivity contribution is 0.101. The number of sulfone groups is 1. The molecule has 0 aliphatic carbocycles. The predicted molar refractivity (Wildman–Crippen MR) is 153 cm³/mol. The molecule has 2 atom stereocenters. The highest BCUT2D eigenvalue weighted by Crippen LogP contribution is 2.30. The number of hydrogen-bond donors (Lipinski definition) is 2. The molecule has 0 fully saturated rings. The van der Waals surface area contributed by atoms with Gasteiger partial charge in [-0.1, -0.05) is 55.4 Å². The summed E-state index contributed by atoms with van der Waals surface area (Å²) >= 11 is 0. The number of azide groups is 1. The van der Waals surface area contributed by atoms with E-state index in [4.69, 9.17) is 5.53 Å². The standard InChI is InChI=1S/C28H32N4O7S2/c1-19(2)17-32(18-26(35)25(30-31-29)16-21-8-12-23(34)13-9-21)41(38,39)28-7-5-4-6-27(28)40(36,37)24-14-10-22(11-15-24)20(3)33/h4-15,19,25-26,34-35H,16-18H2,1-3H3/t25-,26?/m0/s1. The van der Waals surface area contributed by atoms with Crippen LogP contribution in [0.3, 0.4) is 0 Å². The third kappa shape index (κ3) is 7.72. The van der Waals surface area contributed by atoms with Crippen molar-refractivity contribution in [2.24, 2.45) is 11.0 Å². The molecule has 0 saturated heterocycles. The monoisotopic (exact) mass is 600 g/mol. The van der Waals surface area contributed by atoms with Gasteiger partial charge in [0.2, 0.25) is 19.9 Å². The molecule has 2 N–H and O–H groups in total. The van der Waals surface area contributed by atoms with Crippen LogP contribution in [-0.2, 0) is 26.3 Å². The van der Waals surface area contributed by atoms with Crippen LogP contribution in [0.4, 0.5) is 0 Å². The second kappa shape index (κ2) is 13.3. The summed E-state index contributed by atoms with van der Waals surface area (Å²) in [5, 5.41) is 24.3. The van der Waals surface area contributed by atoms with E-state index in [-0.39, 0.29) is 35.3 Å². The fraction of sp³-hybridized carbons (Fsp3) is 0.321. The zero-order valence-electron chi connectivity index (χ0n) is 22.8. The number of carbonyl (C=O) groups is 1. The number of phenolic OH excluding ortho intramolecular Hbond substituents is 1. The van der Waals surface area contributed by atoms with E-state index < -0.39 is 48.3 Å². The van der Waals surface area contributed by atoms with Gasteiger partial charge >= 0.3 is 0 Å². The van der Waals surface area contributed by atoms with Gasteiger partial charge in [-0.3, -0.25) is 4.79 Å². The number of rotatable bonds is 13. The Morgan fingerprint density at radius 3 is 2.05 bits per heavy atom. The number of aliphatic hydroxyl groups is 1. The van der Waals surface area contributed by atoms with Crippen LogP contribution >= 0.6 is 0 Å². The van der Waals surface area contributed by atoms with Crippen LogP contribution in [-0.4, -0.2) is 62.4 Å². The highest BCUT2D eigenvalue weighted by atomic mass is 32.2. The van der Waals surface area contributed by atoms with Crippen molar-refractivity contribution in [3.05, 3.63) is 94.4 Å². The third-order valence-corrected chi connectivity index (χ3v) is 10.2. The molecule has 0 aliphatic rings. The van der Waals surface area contributed by atoms with Crippen molar-refractivity contribution in [3.63, 3.8) is 0 Å². The summed E-state index contributed by atoms with van der Waals surface area (Å²) in [6.07, 6.45) is -1.36. The van der Waals surface area contributed by atoms with E-state index >= 15 is 0 Å². The fourth-order valence-electron chi connectivity index (χ4n) is 4.22. The highest BCUT2D eigenvalue weighted by molar-refractivity contribution is 7.93. The van der Waals surface area contributed by atoms with Gasteiger partial charge in [-0.2, -0.15) is 4.31 Å². The lowest BCUT2D eigenvalue weighted by Crippen LogP contribution is -2.44. The quantitative estimate of drug-likeness (QED) is 0.127. The van der Waals surface area contributed by atoms with Crippen LogP contribution in [0, 0.1) is 5.92 Å². The third-order valence-electron chi connectivity index (χ3n) is 6.31. The second-order valence-electron chi connectivity index (χ2n) is 9.96. The maximum Gasteiger partial charge on any atom is 0.244 e. The molecule has 0 aromatic heterocycles. The molecule has 0 saturated carbocycles. The first-order chi connectivity index (χ1) is 19.3. The average Bonchev–Trinajstić information content (AvgIpc) is 2.93. The molecule has 0 aliphatic heterocycles. The Kier molecular flexibility index (Phi) is 10.3. The zero-order chi connectivity index (χ0) is 30.4. The number of sulfonamides is 1. The smallest absolute Gasteiger partial charge is 0.244 e. The second-order valence-corrected chi connectivity index (χ2v) is 13.8. The molecule has 0 radical (unpaired) electrons. The molecule has 3 aromatic carbocycles.